The van der Waals surface area contributed by atoms with Crippen LogP contribution >= 0.6 is 0 Å². The van der Waals surface area contributed by atoms with Gasteiger partial charge in [0.25, 0.3) is 0 Å². The molecule has 0 aliphatic carbocycles. The standard InChI is InChI=1S/C15H9F2NO3/c16-15(17)21-13-6-2-4-11(8-13)14(19)20-12-5-1-3-10(7-12)9-18/h1-8,15H. The first-order chi connectivity index (χ1) is 10.1. The Bertz CT molecular complexity index is 695. The predicted octanol–water partition coefficient (Wildman–Crippen LogP) is 3.38. The molecule has 21 heavy (non-hydrogen) atoms. The quantitative estimate of drug-likeness (QED) is 0.639. The number of ether oxygens (including phenoxy) is 2. The number of benzene rings is 2. The van der Waals surface area contributed by atoms with Crippen molar-refractivity contribution in [3.8, 4) is 17.6 Å². The van der Waals surface area contributed by atoms with E-state index in [4.69, 9.17) is 10.00 Å². The fourth-order valence-electron chi connectivity index (χ4n) is 1.59. The van der Waals surface area contributed by atoms with Crippen LogP contribution in [0.15, 0.2) is 48.5 Å². The summed E-state index contributed by atoms with van der Waals surface area (Å²) in [6, 6.07) is 13.2. The van der Waals surface area contributed by atoms with Gasteiger partial charge in [0.05, 0.1) is 17.2 Å². The number of nitrogens with zero attached hydrogens (tertiary/aromatic N) is 1. The van der Waals surface area contributed by atoms with Crippen LogP contribution in [0.2, 0.25) is 0 Å². The number of rotatable bonds is 4. The van der Waals surface area contributed by atoms with Crippen molar-refractivity contribution in [3.05, 3.63) is 59.7 Å². The van der Waals surface area contributed by atoms with Gasteiger partial charge in [-0.2, -0.15) is 14.0 Å². The van der Waals surface area contributed by atoms with Crippen molar-refractivity contribution in [2.24, 2.45) is 0 Å². The van der Waals surface area contributed by atoms with Crippen LogP contribution in [0, 0.1) is 11.3 Å². The lowest BCUT2D eigenvalue weighted by atomic mass is 10.2. The molecule has 0 spiro atoms. The third-order valence-electron chi connectivity index (χ3n) is 2.47. The monoisotopic (exact) mass is 289 g/mol. The van der Waals surface area contributed by atoms with E-state index in [-0.39, 0.29) is 17.1 Å². The minimum atomic E-state index is -2.97. The summed E-state index contributed by atoms with van der Waals surface area (Å²) in [6.45, 7) is -2.97. The number of alkyl halides is 2. The summed E-state index contributed by atoms with van der Waals surface area (Å²) in [5, 5.41) is 8.76. The van der Waals surface area contributed by atoms with Crippen LogP contribution in [0.5, 0.6) is 11.5 Å². The van der Waals surface area contributed by atoms with Crippen LogP contribution in [0.1, 0.15) is 15.9 Å². The highest BCUT2D eigenvalue weighted by Gasteiger charge is 2.11. The minimum Gasteiger partial charge on any atom is -0.435 e. The molecule has 0 heterocycles. The van der Waals surface area contributed by atoms with E-state index in [0.717, 1.165) is 6.07 Å². The third kappa shape index (κ3) is 4.01. The van der Waals surface area contributed by atoms with Gasteiger partial charge in [0.1, 0.15) is 11.5 Å². The number of esters is 1. The number of hydrogen-bond acceptors (Lipinski definition) is 4. The highest BCUT2D eigenvalue weighted by molar-refractivity contribution is 5.91. The van der Waals surface area contributed by atoms with Crippen molar-refractivity contribution in [2.75, 3.05) is 0 Å². The largest absolute Gasteiger partial charge is 0.435 e. The molecular formula is C15H9F2NO3. The first-order valence-electron chi connectivity index (χ1n) is 5.85. The Labute approximate surface area is 119 Å². The molecule has 0 bridgehead atoms. The summed E-state index contributed by atoms with van der Waals surface area (Å²) in [7, 11) is 0. The highest BCUT2D eigenvalue weighted by atomic mass is 19.3. The number of carbonyl (C=O) groups excluding carboxylic acids is 1. The van der Waals surface area contributed by atoms with Gasteiger partial charge in [-0.25, -0.2) is 4.79 Å². The number of carbonyl (C=O) groups is 1. The molecule has 4 nitrogen and oxygen atoms in total. The van der Waals surface area contributed by atoms with E-state index in [1.807, 2.05) is 6.07 Å². The van der Waals surface area contributed by atoms with E-state index < -0.39 is 12.6 Å². The Kier molecular flexibility index (Phi) is 4.46. The summed E-state index contributed by atoms with van der Waals surface area (Å²) in [5.74, 6) is -0.672. The number of halogens is 2. The maximum atomic E-state index is 12.1. The third-order valence-corrected chi connectivity index (χ3v) is 2.47. The van der Waals surface area contributed by atoms with Gasteiger partial charge in [0.2, 0.25) is 0 Å². The Morgan fingerprint density at radius 1 is 1.10 bits per heavy atom. The lowest BCUT2D eigenvalue weighted by Gasteiger charge is -2.07. The molecule has 2 aromatic carbocycles. The summed E-state index contributed by atoms with van der Waals surface area (Å²) in [6.07, 6.45) is 0. The van der Waals surface area contributed by atoms with Crippen molar-refractivity contribution in [1.82, 2.24) is 0 Å². The SMILES string of the molecule is N#Cc1cccc(OC(=O)c2cccc(OC(F)F)c2)c1. The van der Waals surface area contributed by atoms with Crippen molar-refractivity contribution in [1.29, 1.82) is 5.26 Å². The normalized spacial score (nSPS) is 10.0. The van der Waals surface area contributed by atoms with Crippen LogP contribution in [-0.2, 0) is 0 Å². The molecule has 2 rings (SSSR count). The van der Waals surface area contributed by atoms with Gasteiger partial charge in [0.15, 0.2) is 0 Å². The lowest BCUT2D eigenvalue weighted by Crippen LogP contribution is -2.09. The molecule has 2 aromatic rings. The van der Waals surface area contributed by atoms with Gasteiger partial charge in [0, 0.05) is 0 Å². The summed E-state index contributed by atoms with van der Waals surface area (Å²) in [5.41, 5.74) is 0.408. The average molecular weight is 289 g/mol. The molecule has 0 aromatic heterocycles. The second-order valence-electron chi connectivity index (χ2n) is 3.94. The van der Waals surface area contributed by atoms with Crippen LogP contribution in [0.25, 0.3) is 0 Å². The van der Waals surface area contributed by atoms with Crippen molar-refractivity contribution >= 4 is 5.97 Å². The van der Waals surface area contributed by atoms with Gasteiger partial charge < -0.3 is 9.47 Å². The smallest absolute Gasteiger partial charge is 0.387 e. The maximum absolute atomic E-state index is 12.1. The Morgan fingerprint density at radius 2 is 1.81 bits per heavy atom. The van der Waals surface area contributed by atoms with E-state index in [9.17, 15) is 13.6 Å². The first kappa shape index (κ1) is 14.5. The molecule has 0 atom stereocenters. The van der Waals surface area contributed by atoms with Crippen LogP contribution in [0.3, 0.4) is 0 Å². The molecule has 0 radical (unpaired) electrons. The molecule has 0 aliphatic rings. The molecule has 6 heteroatoms. The summed E-state index contributed by atoms with van der Waals surface area (Å²) >= 11 is 0. The van der Waals surface area contributed by atoms with E-state index in [1.165, 1.54) is 30.3 Å². The second kappa shape index (κ2) is 6.48. The predicted molar refractivity (Wildman–Crippen MR) is 69.2 cm³/mol. The lowest BCUT2D eigenvalue weighted by molar-refractivity contribution is -0.0499. The highest BCUT2D eigenvalue weighted by Crippen LogP contribution is 2.19. The number of hydrogen-bond donors (Lipinski definition) is 0. The molecule has 0 aliphatic heterocycles. The zero-order valence-electron chi connectivity index (χ0n) is 10.6. The molecule has 0 saturated carbocycles. The molecule has 0 saturated heterocycles. The van der Waals surface area contributed by atoms with E-state index >= 15 is 0 Å². The zero-order valence-corrected chi connectivity index (χ0v) is 10.6. The van der Waals surface area contributed by atoms with Gasteiger partial charge in [-0.3, -0.25) is 0 Å². The van der Waals surface area contributed by atoms with Gasteiger partial charge in [-0.05, 0) is 36.4 Å². The van der Waals surface area contributed by atoms with Gasteiger partial charge in [-0.1, -0.05) is 12.1 Å². The van der Waals surface area contributed by atoms with E-state index in [1.54, 1.807) is 12.1 Å². The topological polar surface area (TPSA) is 59.3 Å². The summed E-state index contributed by atoms with van der Waals surface area (Å²) in [4.78, 5) is 11.9. The van der Waals surface area contributed by atoms with Crippen LogP contribution in [0.4, 0.5) is 8.78 Å². The average Bonchev–Trinajstić information content (AvgIpc) is 2.47. The maximum Gasteiger partial charge on any atom is 0.387 e. The molecule has 0 fully saturated rings. The summed E-state index contributed by atoms with van der Waals surface area (Å²) < 4.78 is 33.5. The fraction of sp³-hybridized carbons (Fsp3) is 0.0667. The Morgan fingerprint density at radius 3 is 2.52 bits per heavy atom. The van der Waals surface area contributed by atoms with Crippen LogP contribution in [-0.4, -0.2) is 12.6 Å². The number of nitriles is 1. The molecule has 106 valence electrons. The first-order valence-corrected chi connectivity index (χ1v) is 5.85. The van der Waals surface area contributed by atoms with Gasteiger partial charge >= 0.3 is 12.6 Å². The second-order valence-corrected chi connectivity index (χ2v) is 3.94. The van der Waals surface area contributed by atoms with Crippen molar-refractivity contribution < 1.29 is 23.0 Å². The molecule has 0 N–H and O–H groups in total. The molecule has 0 amide bonds. The molecule has 0 unspecified atom stereocenters. The Hall–Kier alpha value is -2.94. The van der Waals surface area contributed by atoms with Crippen molar-refractivity contribution in [3.63, 3.8) is 0 Å². The fourth-order valence-corrected chi connectivity index (χ4v) is 1.59. The van der Waals surface area contributed by atoms with E-state index in [2.05, 4.69) is 4.74 Å². The van der Waals surface area contributed by atoms with Crippen LogP contribution < -0.4 is 9.47 Å². The zero-order chi connectivity index (χ0) is 15.2. The van der Waals surface area contributed by atoms with Crippen molar-refractivity contribution in [2.45, 2.75) is 6.61 Å². The molecular weight excluding hydrogens is 280 g/mol. The Balaban J connectivity index is 2.14. The minimum absolute atomic E-state index is 0.0653. The van der Waals surface area contributed by atoms with Gasteiger partial charge in [-0.15, -0.1) is 0 Å². The van der Waals surface area contributed by atoms with E-state index in [0.29, 0.717) is 5.56 Å².